The maximum absolute atomic E-state index is 12.7. The molecule has 1 N–H and O–H groups in total. The lowest BCUT2D eigenvalue weighted by Crippen LogP contribution is -2.41. The quantitative estimate of drug-likeness (QED) is 0.658. The Bertz CT molecular complexity index is 1270. The van der Waals surface area contributed by atoms with Gasteiger partial charge in [0.15, 0.2) is 10.9 Å². The first-order chi connectivity index (χ1) is 14.7. The molecule has 0 atom stereocenters. The molecule has 0 aliphatic heterocycles. The minimum absolute atomic E-state index is 0.0207. The van der Waals surface area contributed by atoms with E-state index in [9.17, 15) is 19.2 Å². The van der Waals surface area contributed by atoms with E-state index in [0.717, 1.165) is 21.5 Å². The maximum atomic E-state index is 12.7. The van der Waals surface area contributed by atoms with Crippen molar-refractivity contribution in [3.63, 3.8) is 0 Å². The Morgan fingerprint density at radius 3 is 2.61 bits per heavy atom. The van der Waals surface area contributed by atoms with Crippen LogP contribution in [0.1, 0.15) is 41.2 Å². The number of fused-ring (bicyclic) bond motifs is 1. The summed E-state index contributed by atoms with van der Waals surface area (Å²) in [6.45, 7) is 3.87. The third-order valence-corrected chi connectivity index (χ3v) is 6.17. The number of rotatable bonds is 5. The summed E-state index contributed by atoms with van der Waals surface area (Å²) in [7, 11) is 0. The van der Waals surface area contributed by atoms with Gasteiger partial charge in [-0.15, -0.1) is 0 Å². The number of carbonyl (C=O) groups is 2. The number of hydrogen-bond acceptors (Lipinski definition) is 6. The normalized spacial score (nSPS) is 14.8. The van der Waals surface area contributed by atoms with Crippen LogP contribution >= 0.6 is 11.3 Å². The fourth-order valence-electron chi connectivity index (χ4n) is 3.68. The molecule has 0 unspecified atom stereocenters. The average Bonchev–Trinajstić information content (AvgIpc) is 3.09. The number of aromatic nitrogens is 3. The van der Waals surface area contributed by atoms with Crippen LogP contribution in [0.5, 0.6) is 0 Å². The maximum Gasteiger partial charge on any atom is 0.331 e. The number of thiazole rings is 1. The Hall–Kier alpha value is -3.33. The second kappa shape index (κ2) is 8.07. The molecular formula is C22H22N4O4S. The van der Waals surface area contributed by atoms with Crippen molar-refractivity contribution in [3.8, 4) is 0 Å². The van der Waals surface area contributed by atoms with Crippen molar-refractivity contribution in [3.05, 3.63) is 79.6 Å². The summed E-state index contributed by atoms with van der Waals surface area (Å²) in [5.41, 5.74) is 0.297. The molecule has 3 aromatic rings. The van der Waals surface area contributed by atoms with Crippen molar-refractivity contribution in [1.29, 1.82) is 0 Å². The van der Waals surface area contributed by atoms with Crippen molar-refractivity contribution in [1.82, 2.24) is 14.1 Å². The molecule has 0 saturated carbocycles. The lowest BCUT2D eigenvalue weighted by Gasteiger charge is -2.26. The third-order valence-electron chi connectivity index (χ3n) is 5.12. The van der Waals surface area contributed by atoms with E-state index in [2.05, 4.69) is 10.3 Å². The molecule has 1 aliphatic rings. The van der Waals surface area contributed by atoms with Crippen molar-refractivity contribution in [2.75, 3.05) is 5.32 Å². The first kappa shape index (κ1) is 20.9. The second-order valence-electron chi connectivity index (χ2n) is 8.42. The van der Waals surface area contributed by atoms with Crippen LogP contribution in [0.15, 0.2) is 52.2 Å². The summed E-state index contributed by atoms with van der Waals surface area (Å²) in [6.07, 6.45) is 2.52. The molecule has 160 valence electrons. The van der Waals surface area contributed by atoms with Gasteiger partial charge in [0, 0.05) is 18.7 Å². The molecule has 9 heteroatoms. The second-order valence-corrected chi connectivity index (χ2v) is 9.42. The fraction of sp³-hybridized carbons (Fsp3) is 0.318. The number of Topliss-reactive ketones (excluding diaryl/α,β-unsaturated/α-hetero) is 1. The molecule has 0 saturated heterocycles. The largest absolute Gasteiger partial charge is 0.331 e. The highest BCUT2D eigenvalue weighted by molar-refractivity contribution is 7.17. The van der Waals surface area contributed by atoms with Crippen LogP contribution in [0.25, 0.3) is 0 Å². The van der Waals surface area contributed by atoms with Crippen LogP contribution in [0.4, 0.5) is 5.13 Å². The van der Waals surface area contributed by atoms with Crippen LogP contribution < -0.4 is 16.6 Å². The highest BCUT2D eigenvalue weighted by Crippen LogP contribution is 2.38. The summed E-state index contributed by atoms with van der Waals surface area (Å²) in [6, 6.07) is 10.6. The van der Waals surface area contributed by atoms with Crippen LogP contribution in [0.3, 0.4) is 0 Å². The lowest BCUT2D eigenvalue weighted by molar-refractivity contribution is -0.116. The molecule has 0 bridgehead atoms. The van der Waals surface area contributed by atoms with Gasteiger partial charge in [-0.05, 0) is 17.4 Å². The molecule has 1 amide bonds. The summed E-state index contributed by atoms with van der Waals surface area (Å²) >= 11 is 1.13. The standard InChI is InChI=1S/C22H22N4O4S/c1-22(2)10-15-19(16(27)11-22)31-20(23-15)24-17(28)13-26-18(29)8-9-25(21(26)30)12-14-6-4-3-5-7-14/h3-9H,10-13H2,1-2H3,(H,23,24,28). The van der Waals surface area contributed by atoms with Gasteiger partial charge in [0.1, 0.15) is 6.54 Å². The van der Waals surface area contributed by atoms with Gasteiger partial charge in [-0.1, -0.05) is 55.5 Å². The van der Waals surface area contributed by atoms with Crippen LogP contribution in [-0.2, 0) is 24.3 Å². The minimum Gasteiger partial charge on any atom is -0.300 e. The van der Waals surface area contributed by atoms with Crippen molar-refractivity contribution < 1.29 is 9.59 Å². The third kappa shape index (κ3) is 4.56. The number of benzene rings is 1. The molecule has 2 aromatic heterocycles. The number of nitrogens with one attached hydrogen (secondary N) is 1. The number of carbonyl (C=O) groups excluding carboxylic acids is 2. The minimum atomic E-state index is -0.568. The summed E-state index contributed by atoms with van der Waals surface area (Å²) in [5, 5.41) is 2.93. The van der Waals surface area contributed by atoms with E-state index in [1.807, 2.05) is 44.2 Å². The van der Waals surface area contributed by atoms with Gasteiger partial charge >= 0.3 is 5.69 Å². The number of anilines is 1. The van der Waals surface area contributed by atoms with E-state index in [1.54, 1.807) is 0 Å². The van der Waals surface area contributed by atoms with Crippen molar-refractivity contribution >= 4 is 28.2 Å². The van der Waals surface area contributed by atoms with E-state index in [0.29, 0.717) is 35.1 Å². The van der Waals surface area contributed by atoms with Gasteiger partial charge < -0.3 is 5.32 Å². The van der Waals surface area contributed by atoms with E-state index in [4.69, 9.17) is 0 Å². The van der Waals surface area contributed by atoms with E-state index >= 15 is 0 Å². The van der Waals surface area contributed by atoms with Crippen LogP contribution in [0, 0.1) is 5.41 Å². The zero-order valence-electron chi connectivity index (χ0n) is 17.3. The summed E-state index contributed by atoms with van der Waals surface area (Å²) in [5.74, 6) is -0.526. The van der Waals surface area contributed by atoms with Gasteiger partial charge in [0.25, 0.3) is 5.56 Å². The first-order valence-corrected chi connectivity index (χ1v) is 10.7. The fourth-order valence-corrected chi connectivity index (χ4v) is 4.61. The average molecular weight is 439 g/mol. The molecular weight excluding hydrogens is 416 g/mol. The van der Waals surface area contributed by atoms with Gasteiger partial charge in [0.2, 0.25) is 5.91 Å². The van der Waals surface area contributed by atoms with Crippen molar-refractivity contribution in [2.24, 2.45) is 5.41 Å². The topological polar surface area (TPSA) is 103 Å². The Balaban J connectivity index is 1.52. The predicted octanol–water partition coefficient (Wildman–Crippen LogP) is 2.31. The van der Waals surface area contributed by atoms with Gasteiger partial charge in [-0.2, -0.15) is 0 Å². The monoisotopic (exact) mass is 438 g/mol. The van der Waals surface area contributed by atoms with Gasteiger partial charge in [-0.3, -0.25) is 23.5 Å². The van der Waals surface area contributed by atoms with Gasteiger partial charge in [0.05, 0.1) is 17.1 Å². The molecule has 0 radical (unpaired) electrons. The number of hydrogen-bond donors (Lipinski definition) is 1. The Labute approximate surface area is 182 Å². The molecule has 1 aliphatic carbocycles. The smallest absolute Gasteiger partial charge is 0.300 e. The zero-order chi connectivity index (χ0) is 22.2. The number of nitrogens with zero attached hydrogens (tertiary/aromatic N) is 3. The zero-order valence-corrected chi connectivity index (χ0v) is 18.1. The highest BCUT2D eigenvalue weighted by Gasteiger charge is 2.34. The Morgan fingerprint density at radius 2 is 1.87 bits per heavy atom. The van der Waals surface area contributed by atoms with Crippen molar-refractivity contribution in [2.45, 2.75) is 39.8 Å². The number of amides is 1. The lowest BCUT2D eigenvalue weighted by atomic mass is 9.78. The number of ketones is 1. The SMILES string of the molecule is CC1(C)CC(=O)c2sc(NC(=O)Cn3c(=O)ccn(Cc4ccccc4)c3=O)nc2C1. The van der Waals surface area contributed by atoms with E-state index < -0.39 is 23.7 Å². The molecule has 0 spiro atoms. The molecule has 8 nitrogen and oxygen atoms in total. The molecule has 4 rings (SSSR count). The molecule has 2 heterocycles. The van der Waals surface area contributed by atoms with Crippen LogP contribution in [-0.4, -0.2) is 25.8 Å². The Kier molecular flexibility index (Phi) is 5.45. The van der Waals surface area contributed by atoms with E-state index in [1.165, 1.54) is 16.8 Å². The summed E-state index contributed by atoms with van der Waals surface area (Å²) < 4.78 is 2.27. The van der Waals surface area contributed by atoms with E-state index in [-0.39, 0.29) is 11.2 Å². The molecule has 31 heavy (non-hydrogen) atoms. The molecule has 1 aromatic carbocycles. The summed E-state index contributed by atoms with van der Waals surface area (Å²) in [4.78, 5) is 54.8. The molecule has 0 fully saturated rings. The Morgan fingerprint density at radius 1 is 1.13 bits per heavy atom. The van der Waals surface area contributed by atoms with Crippen LogP contribution in [0.2, 0.25) is 0 Å². The van der Waals surface area contributed by atoms with Gasteiger partial charge in [-0.25, -0.2) is 9.78 Å². The predicted molar refractivity (Wildman–Crippen MR) is 118 cm³/mol. The highest BCUT2D eigenvalue weighted by atomic mass is 32.1. The first-order valence-electron chi connectivity index (χ1n) is 9.89.